The van der Waals surface area contributed by atoms with Crippen molar-refractivity contribution < 1.29 is 0 Å². The Morgan fingerprint density at radius 2 is 2.38 bits per heavy atom. The second-order valence-corrected chi connectivity index (χ2v) is 4.49. The lowest BCUT2D eigenvalue weighted by molar-refractivity contribution is 0.244. The number of rotatable bonds is 1. The van der Waals surface area contributed by atoms with Gasteiger partial charge in [0.1, 0.15) is 0 Å². The molecule has 0 radical (unpaired) electrons. The Hall–Kier alpha value is -0.350. The molecule has 0 aliphatic carbocycles. The first-order chi connectivity index (χ1) is 6.18. The molecule has 0 spiro atoms. The maximum absolute atomic E-state index is 4.25. The van der Waals surface area contributed by atoms with E-state index in [2.05, 4.69) is 44.5 Å². The average molecular weight is 244 g/mol. The van der Waals surface area contributed by atoms with Crippen LogP contribution in [-0.4, -0.2) is 34.6 Å². The molecule has 1 unspecified atom stereocenters. The molecule has 0 saturated heterocycles. The maximum Gasteiger partial charge on any atom is 0.177 e. The zero-order chi connectivity index (χ0) is 9.42. The van der Waals surface area contributed by atoms with Crippen molar-refractivity contribution in [3.8, 4) is 0 Å². The van der Waals surface area contributed by atoms with Gasteiger partial charge >= 0.3 is 0 Å². The van der Waals surface area contributed by atoms with Crippen LogP contribution in [0.2, 0.25) is 0 Å². The highest BCUT2D eigenvalue weighted by Crippen LogP contribution is 2.21. The highest BCUT2D eigenvalue weighted by atomic mass is 79.9. The summed E-state index contributed by atoms with van der Waals surface area (Å²) in [4.78, 5) is 6.55. The van der Waals surface area contributed by atoms with E-state index in [1.54, 1.807) is 0 Å². The zero-order valence-electron chi connectivity index (χ0n) is 8.00. The summed E-state index contributed by atoms with van der Waals surface area (Å²) in [5.74, 6) is 0. The van der Waals surface area contributed by atoms with E-state index in [4.69, 9.17) is 0 Å². The molecule has 1 aliphatic rings. The van der Waals surface area contributed by atoms with Crippen molar-refractivity contribution in [3.05, 3.63) is 16.6 Å². The molecule has 2 heterocycles. The Morgan fingerprint density at radius 3 is 3.08 bits per heavy atom. The van der Waals surface area contributed by atoms with E-state index >= 15 is 0 Å². The Morgan fingerprint density at radius 1 is 1.62 bits per heavy atom. The van der Waals surface area contributed by atoms with Gasteiger partial charge in [-0.25, -0.2) is 4.98 Å². The van der Waals surface area contributed by atoms with Gasteiger partial charge in [-0.2, -0.15) is 0 Å². The second kappa shape index (κ2) is 3.42. The number of hydrogen-bond donors (Lipinski definition) is 0. The monoisotopic (exact) mass is 243 g/mol. The predicted molar refractivity (Wildman–Crippen MR) is 55.7 cm³/mol. The molecule has 0 aromatic carbocycles. The van der Waals surface area contributed by atoms with E-state index in [9.17, 15) is 0 Å². The molecule has 0 N–H and O–H groups in total. The average Bonchev–Trinajstić information content (AvgIpc) is 2.47. The molecule has 0 fully saturated rings. The van der Waals surface area contributed by atoms with Gasteiger partial charge < -0.3 is 9.47 Å². The van der Waals surface area contributed by atoms with Crippen LogP contribution in [0.4, 0.5) is 0 Å². The van der Waals surface area contributed by atoms with Gasteiger partial charge in [0, 0.05) is 30.9 Å². The van der Waals surface area contributed by atoms with Crippen LogP contribution >= 0.6 is 15.9 Å². The molecule has 2 rings (SSSR count). The van der Waals surface area contributed by atoms with Crippen molar-refractivity contribution in [1.82, 2.24) is 14.5 Å². The Bertz CT molecular complexity index is 306. The lowest BCUT2D eigenvalue weighted by Gasteiger charge is -2.29. The zero-order valence-corrected chi connectivity index (χ0v) is 9.58. The Balaban J connectivity index is 2.21. The summed E-state index contributed by atoms with van der Waals surface area (Å²) >= 11 is 3.45. The summed E-state index contributed by atoms with van der Waals surface area (Å²) in [5.41, 5.74) is 1.34. The third-order valence-electron chi connectivity index (χ3n) is 2.75. The van der Waals surface area contributed by atoms with E-state index in [1.165, 1.54) is 12.1 Å². The summed E-state index contributed by atoms with van der Waals surface area (Å²) in [5, 5.41) is 0. The van der Waals surface area contributed by atoms with Crippen LogP contribution in [0.25, 0.3) is 0 Å². The van der Waals surface area contributed by atoms with Crippen molar-refractivity contribution in [2.24, 2.45) is 0 Å². The molecule has 3 nitrogen and oxygen atoms in total. The SMILES string of the molecule is CN(C)C1CCn2c(cnc2Br)C1. The maximum atomic E-state index is 4.25. The van der Waals surface area contributed by atoms with E-state index in [-0.39, 0.29) is 0 Å². The summed E-state index contributed by atoms with van der Waals surface area (Å²) < 4.78 is 3.22. The molecule has 1 aromatic rings. The summed E-state index contributed by atoms with van der Waals surface area (Å²) in [6, 6.07) is 0.677. The first-order valence-corrected chi connectivity index (χ1v) is 5.34. The van der Waals surface area contributed by atoms with Gasteiger partial charge in [-0.1, -0.05) is 0 Å². The minimum Gasteiger partial charge on any atom is -0.323 e. The van der Waals surface area contributed by atoms with E-state index < -0.39 is 0 Å². The van der Waals surface area contributed by atoms with Gasteiger partial charge in [-0.05, 0) is 36.4 Å². The quantitative estimate of drug-likeness (QED) is 0.746. The van der Waals surface area contributed by atoms with Crippen LogP contribution < -0.4 is 0 Å². The normalized spacial score (nSPS) is 22.0. The minimum atomic E-state index is 0.677. The molecule has 1 aromatic heterocycles. The number of imidazole rings is 1. The molecular formula is C9H14BrN3. The molecular weight excluding hydrogens is 230 g/mol. The van der Waals surface area contributed by atoms with Gasteiger partial charge in [0.05, 0.1) is 0 Å². The number of fused-ring (bicyclic) bond motifs is 1. The van der Waals surface area contributed by atoms with Gasteiger partial charge in [-0.3, -0.25) is 0 Å². The largest absolute Gasteiger partial charge is 0.323 e. The van der Waals surface area contributed by atoms with Gasteiger partial charge in [0.15, 0.2) is 4.73 Å². The van der Waals surface area contributed by atoms with Crippen LogP contribution in [0.1, 0.15) is 12.1 Å². The summed E-state index contributed by atoms with van der Waals surface area (Å²) in [7, 11) is 4.29. The molecule has 0 saturated carbocycles. The van der Waals surface area contributed by atoms with Crippen molar-refractivity contribution in [1.29, 1.82) is 0 Å². The lowest BCUT2D eigenvalue weighted by Crippen LogP contribution is -2.35. The molecule has 0 bridgehead atoms. The number of likely N-dealkylation sites (N-methyl/N-ethyl adjacent to an activating group) is 1. The van der Waals surface area contributed by atoms with Crippen molar-refractivity contribution >= 4 is 15.9 Å². The van der Waals surface area contributed by atoms with Crippen molar-refractivity contribution in [2.45, 2.75) is 25.4 Å². The van der Waals surface area contributed by atoms with E-state index in [0.717, 1.165) is 17.7 Å². The second-order valence-electron chi connectivity index (χ2n) is 3.78. The summed E-state index contributed by atoms with van der Waals surface area (Å²) in [6.45, 7) is 1.08. The number of hydrogen-bond acceptors (Lipinski definition) is 2. The number of nitrogens with zero attached hydrogens (tertiary/aromatic N) is 3. The van der Waals surface area contributed by atoms with Gasteiger partial charge in [0.2, 0.25) is 0 Å². The highest BCUT2D eigenvalue weighted by Gasteiger charge is 2.21. The topological polar surface area (TPSA) is 21.1 Å². The fraction of sp³-hybridized carbons (Fsp3) is 0.667. The number of halogens is 1. The Kier molecular flexibility index (Phi) is 2.43. The highest BCUT2D eigenvalue weighted by molar-refractivity contribution is 9.10. The fourth-order valence-corrected chi connectivity index (χ4v) is 2.35. The first kappa shape index (κ1) is 9.21. The van der Waals surface area contributed by atoms with Crippen molar-refractivity contribution in [3.63, 3.8) is 0 Å². The third kappa shape index (κ3) is 1.65. The molecule has 72 valence electrons. The van der Waals surface area contributed by atoms with Crippen LogP contribution in [-0.2, 0) is 13.0 Å². The predicted octanol–water partition coefficient (Wildman–Crippen LogP) is 1.52. The van der Waals surface area contributed by atoms with E-state index in [0.29, 0.717) is 6.04 Å². The van der Waals surface area contributed by atoms with Crippen LogP contribution in [0.3, 0.4) is 0 Å². The third-order valence-corrected chi connectivity index (χ3v) is 3.38. The Labute approximate surface area is 86.9 Å². The minimum absolute atomic E-state index is 0.677. The van der Waals surface area contributed by atoms with E-state index in [1.807, 2.05) is 6.20 Å². The molecule has 1 atom stereocenters. The van der Waals surface area contributed by atoms with Crippen LogP contribution in [0.5, 0.6) is 0 Å². The van der Waals surface area contributed by atoms with Gasteiger partial charge in [-0.15, -0.1) is 0 Å². The molecule has 0 amide bonds. The first-order valence-electron chi connectivity index (χ1n) is 4.55. The van der Waals surface area contributed by atoms with Gasteiger partial charge in [0.25, 0.3) is 0 Å². The molecule has 13 heavy (non-hydrogen) atoms. The molecule has 4 heteroatoms. The summed E-state index contributed by atoms with van der Waals surface area (Å²) in [6.07, 6.45) is 4.31. The standard InChI is InChI=1S/C9H14BrN3/c1-12(2)7-3-4-13-8(5-7)6-11-9(13)10/h6-7H,3-5H2,1-2H3. The fourth-order valence-electron chi connectivity index (χ4n) is 1.85. The van der Waals surface area contributed by atoms with Crippen molar-refractivity contribution in [2.75, 3.05) is 14.1 Å². The molecule has 1 aliphatic heterocycles. The smallest absolute Gasteiger partial charge is 0.177 e. The van der Waals surface area contributed by atoms with Crippen LogP contribution in [0, 0.1) is 0 Å². The lowest BCUT2D eigenvalue weighted by atomic mass is 10.0. The number of aromatic nitrogens is 2. The van der Waals surface area contributed by atoms with Crippen LogP contribution in [0.15, 0.2) is 10.9 Å².